The average molecular weight is 834 g/mol. The second-order valence-corrected chi connectivity index (χ2v) is 15.6. The quantitative estimate of drug-likeness (QED) is 0.0447. The maximum Gasteiger partial charge on any atom is 0.336 e. The molecule has 0 saturated carbocycles. The van der Waals surface area contributed by atoms with E-state index < -0.39 is 30.1 Å². The summed E-state index contributed by atoms with van der Waals surface area (Å²) in [5.74, 6) is -0.174. The van der Waals surface area contributed by atoms with Crippen LogP contribution in [0.5, 0.6) is 11.5 Å². The van der Waals surface area contributed by atoms with E-state index in [9.17, 15) is 19.8 Å². The highest BCUT2D eigenvalue weighted by Crippen LogP contribution is 2.43. The summed E-state index contributed by atoms with van der Waals surface area (Å²) in [5, 5.41) is 27.6. The summed E-state index contributed by atoms with van der Waals surface area (Å²) in [5.41, 5.74) is 2.91. The Bertz CT molecular complexity index is 1770. The maximum atomic E-state index is 13.9. The van der Waals surface area contributed by atoms with Crippen LogP contribution in [0.3, 0.4) is 0 Å². The minimum absolute atomic E-state index is 0.209. The molecule has 59 heavy (non-hydrogen) atoms. The van der Waals surface area contributed by atoms with Crippen molar-refractivity contribution in [2.24, 2.45) is 0 Å². The van der Waals surface area contributed by atoms with Gasteiger partial charge in [0.05, 0.1) is 30.3 Å². The van der Waals surface area contributed by atoms with Crippen LogP contribution in [0.25, 0.3) is 0 Å². The van der Waals surface area contributed by atoms with E-state index in [2.05, 4.69) is 17.6 Å². The number of nitrogens with one attached hydrogen (secondary N) is 2. The Labute approximate surface area is 355 Å². The molecule has 4 atom stereocenters. The highest BCUT2D eigenvalue weighted by molar-refractivity contribution is 6.30. The van der Waals surface area contributed by atoms with E-state index >= 15 is 0 Å². The van der Waals surface area contributed by atoms with E-state index in [1.54, 1.807) is 12.1 Å². The number of carbonyl (C=O) groups excluding carboxylic acids is 2. The van der Waals surface area contributed by atoms with Gasteiger partial charge in [-0.05, 0) is 95.0 Å². The zero-order valence-corrected chi connectivity index (χ0v) is 35.9. The minimum atomic E-state index is -0.704. The number of esters is 2. The summed E-state index contributed by atoms with van der Waals surface area (Å²) in [7, 11) is 1.84. The lowest BCUT2D eigenvalue weighted by molar-refractivity contribution is -0.140. The Morgan fingerprint density at radius 1 is 0.712 bits per heavy atom. The number of rotatable bonds is 27. The number of nitrogens with zero attached hydrogens (tertiary/aromatic N) is 1. The van der Waals surface area contributed by atoms with E-state index in [-0.39, 0.29) is 32.5 Å². The fourth-order valence-electron chi connectivity index (χ4n) is 6.89. The molecule has 322 valence electrons. The SMILES string of the molecule is CC1=C(C(=O)OCCCCCCNCC(O)COc2ccccc2)C(c2cccc(Cl)c2)C(C(=O)OCCCCCC(C)NCC(O)COc2ccccc2)=C(C)N1C. The van der Waals surface area contributed by atoms with Gasteiger partial charge in [-0.25, -0.2) is 9.59 Å². The second kappa shape index (κ2) is 26.0. The Kier molecular flexibility index (Phi) is 20.8. The number of para-hydroxylation sites is 2. The Morgan fingerprint density at radius 3 is 1.80 bits per heavy atom. The molecule has 0 spiro atoms. The number of hydrogen-bond donors (Lipinski definition) is 4. The highest BCUT2D eigenvalue weighted by atomic mass is 35.5. The summed E-state index contributed by atoms with van der Waals surface area (Å²) in [6.07, 6.45) is 5.65. The number of aliphatic hydroxyl groups is 2. The molecule has 4 N–H and O–H groups in total. The predicted molar refractivity (Wildman–Crippen MR) is 232 cm³/mol. The number of halogens is 1. The molecular formula is C47H64ClN3O8. The van der Waals surface area contributed by atoms with Crippen LogP contribution in [0.4, 0.5) is 0 Å². The molecule has 0 aliphatic carbocycles. The van der Waals surface area contributed by atoms with E-state index in [1.165, 1.54) is 0 Å². The zero-order valence-electron chi connectivity index (χ0n) is 35.2. The van der Waals surface area contributed by atoms with Crippen LogP contribution in [0.15, 0.2) is 107 Å². The van der Waals surface area contributed by atoms with Gasteiger partial charge in [0.1, 0.15) is 36.9 Å². The number of carbonyl (C=O) groups is 2. The zero-order chi connectivity index (χ0) is 42.4. The number of hydrogen-bond acceptors (Lipinski definition) is 11. The number of unbranched alkanes of at least 4 members (excludes halogenated alkanes) is 5. The van der Waals surface area contributed by atoms with Gasteiger partial charge in [-0.3, -0.25) is 0 Å². The number of aliphatic hydroxyl groups excluding tert-OH is 2. The normalized spacial score (nSPS) is 15.8. The van der Waals surface area contributed by atoms with Gasteiger partial charge in [0, 0.05) is 42.6 Å². The van der Waals surface area contributed by atoms with Crippen molar-refractivity contribution in [3.05, 3.63) is 118 Å². The molecule has 4 rings (SSSR count). The predicted octanol–water partition coefficient (Wildman–Crippen LogP) is 7.57. The molecule has 4 unspecified atom stereocenters. The minimum Gasteiger partial charge on any atom is -0.491 e. The van der Waals surface area contributed by atoms with Crippen LogP contribution < -0.4 is 20.1 Å². The lowest BCUT2D eigenvalue weighted by Gasteiger charge is -2.35. The van der Waals surface area contributed by atoms with Gasteiger partial charge in [-0.2, -0.15) is 0 Å². The molecule has 0 radical (unpaired) electrons. The maximum absolute atomic E-state index is 13.9. The Morgan fingerprint density at radius 2 is 1.24 bits per heavy atom. The lowest BCUT2D eigenvalue weighted by Crippen LogP contribution is -2.36. The van der Waals surface area contributed by atoms with Crippen molar-refractivity contribution in [1.29, 1.82) is 0 Å². The molecule has 1 aliphatic rings. The van der Waals surface area contributed by atoms with Crippen molar-refractivity contribution in [2.75, 3.05) is 53.1 Å². The first-order valence-electron chi connectivity index (χ1n) is 21.0. The monoisotopic (exact) mass is 833 g/mol. The largest absolute Gasteiger partial charge is 0.491 e. The van der Waals surface area contributed by atoms with Crippen molar-refractivity contribution in [3.63, 3.8) is 0 Å². The molecule has 0 fully saturated rings. The second-order valence-electron chi connectivity index (χ2n) is 15.1. The highest BCUT2D eigenvalue weighted by Gasteiger charge is 2.40. The van der Waals surface area contributed by atoms with Crippen LogP contribution in [0, 0.1) is 0 Å². The molecule has 0 amide bonds. The van der Waals surface area contributed by atoms with Crippen LogP contribution in [-0.2, 0) is 19.1 Å². The van der Waals surface area contributed by atoms with Crippen molar-refractivity contribution < 1.29 is 38.7 Å². The third-order valence-electron chi connectivity index (χ3n) is 10.4. The Balaban J connectivity index is 1.19. The molecule has 0 aromatic heterocycles. The standard InChI is InChI=1S/C47H64ClN3O8/c1-34(50-31-40(53)33-59-42-24-13-8-14-25-42)19-10-9-17-28-57-47(55)44-36(3)51(4)35(2)43(45(44)37-20-18-21-38(48)29-37)46(54)56-27-16-6-5-15-26-49-30-39(52)32-58-41-22-11-7-12-23-41/h7-8,11-14,18,20-25,29,34,39-40,45,49-50,52-53H,5-6,9-10,15-17,19,26-28,30-33H2,1-4H3. The number of ether oxygens (including phenoxy) is 4. The third kappa shape index (κ3) is 16.3. The van der Waals surface area contributed by atoms with Crippen molar-refractivity contribution >= 4 is 23.5 Å². The first kappa shape index (κ1) is 47.3. The summed E-state index contributed by atoms with van der Waals surface area (Å²) in [6.45, 7) is 8.43. The number of benzene rings is 3. The molecule has 12 heteroatoms. The number of allylic oxidation sites excluding steroid dienone is 2. The van der Waals surface area contributed by atoms with Gasteiger partial charge >= 0.3 is 11.9 Å². The van der Waals surface area contributed by atoms with Gasteiger partial charge < -0.3 is 44.7 Å². The van der Waals surface area contributed by atoms with E-state index in [0.717, 1.165) is 56.6 Å². The summed E-state index contributed by atoms with van der Waals surface area (Å²) in [6, 6.07) is 26.3. The van der Waals surface area contributed by atoms with Crippen LogP contribution in [0.2, 0.25) is 5.02 Å². The fraction of sp³-hybridized carbons (Fsp3) is 0.489. The summed E-state index contributed by atoms with van der Waals surface area (Å²) < 4.78 is 23.0. The molecular weight excluding hydrogens is 770 g/mol. The first-order valence-corrected chi connectivity index (χ1v) is 21.3. The van der Waals surface area contributed by atoms with Crippen LogP contribution >= 0.6 is 11.6 Å². The fourth-order valence-corrected chi connectivity index (χ4v) is 7.09. The van der Waals surface area contributed by atoms with Gasteiger partial charge in [0.2, 0.25) is 0 Å². The van der Waals surface area contributed by atoms with E-state index in [1.807, 2.05) is 98.6 Å². The molecule has 11 nitrogen and oxygen atoms in total. The van der Waals surface area contributed by atoms with Gasteiger partial charge in [0.25, 0.3) is 0 Å². The summed E-state index contributed by atoms with van der Waals surface area (Å²) in [4.78, 5) is 29.6. The smallest absolute Gasteiger partial charge is 0.336 e. The van der Waals surface area contributed by atoms with Gasteiger partial charge in [-0.1, -0.05) is 85.8 Å². The molecule has 1 heterocycles. The topological polar surface area (TPSA) is 139 Å². The van der Waals surface area contributed by atoms with Crippen molar-refractivity contribution in [3.8, 4) is 11.5 Å². The molecule has 0 bridgehead atoms. The average Bonchev–Trinajstić information content (AvgIpc) is 3.24. The summed E-state index contributed by atoms with van der Waals surface area (Å²) >= 11 is 6.44. The van der Waals surface area contributed by atoms with E-state index in [0.29, 0.717) is 59.1 Å². The third-order valence-corrected chi connectivity index (χ3v) is 10.7. The lowest BCUT2D eigenvalue weighted by atomic mass is 9.80. The first-order chi connectivity index (χ1) is 28.5. The van der Waals surface area contributed by atoms with E-state index in [4.69, 9.17) is 30.5 Å². The van der Waals surface area contributed by atoms with Crippen molar-refractivity contribution in [1.82, 2.24) is 15.5 Å². The molecule has 1 aliphatic heterocycles. The van der Waals surface area contributed by atoms with Gasteiger partial charge in [-0.15, -0.1) is 0 Å². The van der Waals surface area contributed by atoms with Gasteiger partial charge in [0.15, 0.2) is 0 Å². The van der Waals surface area contributed by atoms with Crippen LogP contribution in [0.1, 0.15) is 83.6 Å². The Hall–Kier alpha value is -4.39. The molecule has 3 aromatic carbocycles. The molecule has 0 saturated heterocycles. The van der Waals surface area contributed by atoms with Crippen LogP contribution in [-0.4, -0.2) is 98.4 Å². The molecule has 3 aromatic rings. The van der Waals surface area contributed by atoms with Crippen molar-refractivity contribution in [2.45, 2.75) is 96.3 Å².